The van der Waals surface area contributed by atoms with Gasteiger partial charge in [0, 0.05) is 6.54 Å². The molecule has 12 heavy (non-hydrogen) atoms. The number of hydrogen-bond donors (Lipinski definition) is 1. The van der Waals surface area contributed by atoms with E-state index in [4.69, 9.17) is 0 Å². The number of allylic oxidation sites excluding steroid dienone is 1. The Morgan fingerprint density at radius 1 is 1.42 bits per heavy atom. The zero-order chi connectivity index (χ0) is 8.97. The van der Waals surface area contributed by atoms with Crippen molar-refractivity contribution >= 4 is 0 Å². The van der Waals surface area contributed by atoms with Gasteiger partial charge in [0.05, 0.1) is 0 Å². The second-order valence-electron chi connectivity index (χ2n) is 4.36. The summed E-state index contributed by atoms with van der Waals surface area (Å²) in [6.45, 7) is 9.22. The highest BCUT2D eigenvalue weighted by atomic mass is 14.9. The quantitative estimate of drug-likeness (QED) is 0.637. The second kappa shape index (κ2) is 4.66. The van der Waals surface area contributed by atoms with Crippen molar-refractivity contribution in [3.8, 4) is 0 Å². The molecule has 0 spiro atoms. The van der Waals surface area contributed by atoms with E-state index in [2.05, 4.69) is 32.2 Å². The third-order valence-corrected chi connectivity index (χ3v) is 2.34. The van der Waals surface area contributed by atoms with E-state index in [1.807, 2.05) is 0 Å². The average Bonchev–Trinajstić information content (AvgIpc) is 2.37. The van der Waals surface area contributed by atoms with E-state index in [1.165, 1.54) is 19.4 Å². The molecule has 70 valence electrons. The van der Waals surface area contributed by atoms with Gasteiger partial charge in [0.25, 0.3) is 0 Å². The summed E-state index contributed by atoms with van der Waals surface area (Å²) in [6, 6.07) is 0. The third kappa shape index (κ3) is 3.40. The van der Waals surface area contributed by atoms with Crippen molar-refractivity contribution in [1.29, 1.82) is 0 Å². The van der Waals surface area contributed by atoms with E-state index in [-0.39, 0.29) is 0 Å². The highest BCUT2D eigenvalue weighted by Crippen LogP contribution is 2.16. The van der Waals surface area contributed by atoms with Gasteiger partial charge < -0.3 is 5.32 Å². The molecule has 0 aromatic carbocycles. The molecule has 0 aromatic rings. The van der Waals surface area contributed by atoms with E-state index >= 15 is 0 Å². The molecular formula is C11H21N. The van der Waals surface area contributed by atoms with Crippen LogP contribution in [0.1, 0.15) is 33.6 Å². The maximum Gasteiger partial charge on any atom is 0.0165 e. The molecule has 0 amide bonds. The summed E-state index contributed by atoms with van der Waals surface area (Å²) in [5.74, 6) is 1.59. The fraction of sp³-hybridized carbons (Fsp3) is 0.818. The normalized spacial score (nSPS) is 23.8. The van der Waals surface area contributed by atoms with Gasteiger partial charge in [0.2, 0.25) is 0 Å². The molecular weight excluding hydrogens is 146 g/mol. The van der Waals surface area contributed by atoms with Crippen LogP contribution in [0.5, 0.6) is 0 Å². The van der Waals surface area contributed by atoms with Crippen LogP contribution in [0.2, 0.25) is 0 Å². The minimum Gasteiger partial charge on any atom is -0.313 e. The zero-order valence-electron chi connectivity index (χ0n) is 8.56. The predicted molar refractivity (Wildman–Crippen MR) is 54.2 cm³/mol. The molecule has 1 aliphatic heterocycles. The van der Waals surface area contributed by atoms with Gasteiger partial charge in [-0.2, -0.15) is 0 Å². The third-order valence-electron chi connectivity index (χ3n) is 2.34. The molecule has 1 nitrogen and oxygen atoms in total. The van der Waals surface area contributed by atoms with Crippen LogP contribution < -0.4 is 5.32 Å². The molecule has 0 aromatic heterocycles. The van der Waals surface area contributed by atoms with Gasteiger partial charge in [-0.05, 0) is 31.2 Å². The molecule has 0 saturated carbocycles. The molecule has 1 rings (SSSR count). The number of hydrogen-bond acceptors (Lipinski definition) is 1. The topological polar surface area (TPSA) is 12.0 Å². The summed E-state index contributed by atoms with van der Waals surface area (Å²) in [7, 11) is 0. The second-order valence-corrected chi connectivity index (χ2v) is 4.36. The van der Waals surface area contributed by atoms with Crippen molar-refractivity contribution in [2.24, 2.45) is 11.8 Å². The summed E-state index contributed by atoms with van der Waals surface area (Å²) in [5, 5.41) is 3.36. The summed E-state index contributed by atoms with van der Waals surface area (Å²) in [4.78, 5) is 0. The van der Waals surface area contributed by atoms with Crippen LogP contribution >= 0.6 is 0 Å². The van der Waals surface area contributed by atoms with Crippen LogP contribution in [-0.2, 0) is 0 Å². The lowest BCUT2D eigenvalue weighted by Crippen LogP contribution is -2.05. The Bertz CT molecular complexity index is 150. The Labute approximate surface area is 76.2 Å². The van der Waals surface area contributed by atoms with Gasteiger partial charge in [-0.25, -0.2) is 0 Å². The van der Waals surface area contributed by atoms with Crippen LogP contribution in [0.25, 0.3) is 0 Å². The molecule has 0 radical (unpaired) electrons. The zero-order valence-corrected chi connectivity index (χ0v) is 8.56. The minimum absolute atomic E-state index is 0.764. The minimum atomic E-state index is 0.764. The van der Waals surface area contributed by atoms with Crippen LogP contribution in [0.15, 0.2) is 11.6 Å². The Morgan fingerprint density at radius 2 is 2.17 bits per heavy atom. The van der Waals surface area contributed by atoms with Gasteiger partial charge in [-0.3, -0.25) is 0 Å². The lowest BCUT2D eigenvalue weighted by Gasteiger charge is -2.10. The lowest BCUT2D eigenvalue weighted by molar-refractivity contribution is 0.501. The SMILES string of the molecule is CC(C)CC(C)/C=C1/CCNC1. The smallest absolute Gasteiger partial charge is 0.0165 e. The Morgan fingerprint density at radius 3 is 2.67 bits per heavy atom. The molecule has 0 aliphatic carbocycles. The van der Waals surface area contributed by atoms with Crippen molar-refractivity contribution in [3.63, 3.8) is 0 Å². The summed E-state index contributed by atoms with van der Waals surface area (Å²) in [6.07, 6.45) is 5.05. The molecule has 1 fully saturated rings. The van der Waals surface area contributed by atoms with Crippen LogP contribution in [0.3, 0.4) is 0 Å². The van der Waals surface area contributed by atoms with Crippen molar-refractivity contribution in [2.75, 3.05) is 13.1 Å². The predicted octanol–water partition coefficient (Wildman–Crippen LogP) is 2.59. The lowest BCUT2D eigenvalue weighted by atomic mass is 9.96. The van der Waals surface area contributed by atoms with E-state index in [9.17, 15) is 0 Å². The molecule has 0 bridgehead atoms. The molecule has 1 heteroatoms. The first-order chi connectivity index (χ1) is 5.68. The van der Waals surface area contributed by atoms with Crippen molar-refractivity contribution < 1.29 is 0 Å². The standard InChI is InChI=1S/C11H21N/c1-9(2)6-10(3)7-11-4-5-12-8-11/h7,9-10,12H,4-6,8H2,1-3H3/b11-7-. The molecule has 1 aliphatic rings. The van der Waals surface area contributed by atoms with E-state index in [0.717, 1.165) is 18.4 Å². The first kappa shape index (κ1) is 9.79. The van der Waals surface area contributed by atoms with E-state index in [1.54, 1.807) is 5.57 Å². The largest absolute Gasteiger partial charge is 0.313 e. The fourth-order valence-electron chi connectivity index (χ4n) is 1.94. The number of nitrogens with one attached hydrogen (secondary N) is 1. The molecule has 1 N–H and O–H groups in total. The van der Waals surface area contributed by atoms with Gasteiger partial charge in [0.1, 0.15) is 0 Å². The monoisotopic (exact) mass is 167 g/mol. The van der Waals surface area contributed by atoms with Crippen LogP contribution in [0.4, 0.5) is 0 Å². The maximum atomic E-state index is 3.36. The maximum absolute atomic E-state index is 3.36. The fourth-order valence-corrected chi connectivity index (χ4v) is 1.94. The highest BCUT2D eigenvalue weighted by molar-refractivity contribution is 5.10. The van der Waals surface area contributed by atoms with Gasteiger partial charge >= 0.3 is 0 Å². The average molecular weight is 167 g/mol. The van der Waals surface area contributed by atoms with Gasteiger partial charge in [0.15, 0.2) is 0 Å². The van der Waals surface area contributed by atoms with Gasteiger partial charge in [-0.1, -0.05) is 32.4 Å². The summed E-state index contributed by atoms with van der Waals surface area (Å²) >= 11 is 0. The van der Waals surface area contributed by atoms with Crippen LogP contribution in [0, 0.1) is 11.8 Å². The Balaban J connectivity index is 2.32. The summed E-state index contributed by atoms with van der Waals surface area (Å²) in [5.41, 5.74) is 1.61. The molecule has 1 unspecified atom stereocenters. The van der Waals surface area contributed by atoms with E-state index < -0.39 is 0 Å². The van der Waals surface area contributed by atoms with Crippen LogP contribution in [-0.4, -0.2) is 13.1 Å². The van der Waals surface area contributed by atoms with E-state index in [0.29, 0.717) is 0 Å². The van der Waals surface area contributed by atoms with Crippen molar-refractivity contribution in [2.45, 2.75) is 33.6 Å². The Hall–Kier alpha value is -0.300. The number of rotatable bonds is 3. The summed E-state index contributed by atoms with van der Waals surface area (Å²) < 4.78 is 0. The van der Waals surface area contributed by atoms with Crippen molar-refractivity contribution in [3.05, 3.63) is 11.6 Å². The first-order valence-corrected chi connectivity index (χ1v) is 5.08. The van der Waals surface area contributed by atoms with Crippen molar-refractivity contribution in [1.82, 2.24) is 5.32 Å². The molecule has 1 heterocycles. The highest BCUT2D eigenvalue weighted by Gasteiger charge is 2.08. The molecule has 1 saturated heterocycles. The Kier molecular flexibility index (Phi) is 3.80. The molecule has 1 atom stereocenters. The first-order valence-electron chi connectivity index (χ1n) is 5.08. The van der Waals surface area contributed by atoms with Gasteiger partial charge in [-0.15, -0.1) is 0 Å².